The molecule has 0 amide bonds. The van der Waals surface area contributed by atoms with Crippen molar-refractivity contribution in [3.63, 3.8) is 0 Å². The number of halogens is 1. The third-order valence-electron chi connectivity index (χ3n) is 4.52. The van der Waals surface area contributed by atoms with Gasteiger partial charge in [-0.1, -0.05) is 13.0 Å². The van der Waals surface area contributed by atoms with Gasteiger partial charge in [0.15, 0.2) is 11.6 Å². The normalized spacial score (nSPS) is 11.3. The average molecular weight is 371 g/mol. The molecule has 27 heavy (non-hydrogen) atoms. The number of aryl methyl sites for hydroxylation is 1. The zero-order chi connectivity index (χ0) is 19.6. The van der Waals surface area contributed by atoms with Crippen LogP contribution in [0.4, 0.5) is 4.39 Å². The molecule has 5 nitrogen and oxygen atoms in total. The third kappa shape index (κ3) is 4.11. The fraction of sp³-hybridized carbons (Fsp3) is 0.286. The van der Waals surface area contributed by atoms with Crippen LogP contribution in [0, 0.1) is 5.82 Å². The fourth-order valence-corrected chi connectivity index (χ4v) is 3.19. The van der Waals surface area contributed by atoms with E-state index in [1.807, 2.05) is 31.0 Å². The van der Waals surface area contributed by atoms with Crippen LogP contribution in [0.25, 0.3) is 11.0 Å². The molecule has 1 heterocycles. The van der Waals surface area contributed by atoms with Gasteiger partial charge in [-0.3, -0.25) is 4.90 Å². The lowest BCUT2D eigenvalue weighted by Crippen LogP contribution is -2.18. The molecule has 6 heteroatoms. The van der Waals surface area contributed by atoms with Gasteiger partial charge in [0, 0.05) is 30.6 Å². The highest BCUT2D eigenvalue weighted by Crippen LogP contribution is 2.27. The molecule has 0 aliphatic heterocycles. The maximum absolute atomic E-state index is 13.9. The van der Waals surface area contributed by atoms with Crippen molar-refractivity contribution in [1.29, 1.82) is 0 Å². The number of aromatic hydroxyl groups is 1. The van der Waals surface area contributed by atoms with Crippen LogP contribution in [0.3, 0.4) is 0 Å². The molecular weight excluding hydrogens is 349 g/mol. The molecule has 3 aromatic rings. The molecule has 1 N–H and O–H groups in total. The van der Waals surface area contributed by atoms with Crippen LogP contribution in [0.15, 0.2) is 45.6 Å². The topological polar surface area (TPSA) is 62.9 Å². The summed E-state index contributed by atoms with van der Waals surface area (Å²) in [5, 5.41) is 10.8. The van der Waals surface area contributed by atoms with Crippen LogP contribution in [-0.2, 0) is 19.5 Å². The van der Waals surface area contributed by atoms with E-state index in [0.717, 1.165) is 22.1 Å². The monoisotopic (exact) mass is 371 g/mol. The minimum Gasteiger partial charge on any atom is -0.508 e. The molecule has 0 unspecified atom stereocenters. The lowest BCUT2D eigenvalue weighted by atomic mass is 10.0. The molecule has 0 aliphatic rings. The molecule has 0 fully saturated rings. The molecule has 0 saturated carbocycles. The summed E-state index contributed by atoms with van der Waals surface area (Å²) in [6.45, 7) is 2.93. The largest absolute Gasteiger partial charge is 0.508 e. The second-order valence-electron chi connectivity index (χ2n) is 6.56. The van der Waals surface area contributed by atoms with Gasteiger partial charge in [0.2, 0.25) is 0 Å². The standard InChI is InChI=1S/C21H22FNO4/c1-4-14-8-16-15(9-21(25)27-20(16)10-18(14)24)12-23(2)11-13-5-6-19(26-3)17(22)7-13/h5-10,24H,4,11-12H2,1-3H3. The van der Waals surface area contributed by atoms with E-state index >= 15 is 0 Å². The Morgan fingerprint density at radius 2 is 1.93 bits per heavy atom. The van der Waals surface area contributed by atoms with Gasteiger partial charge in [0.1, 0.15) is 11.3 Å². The zero-order valence-corrected chi connectivity index (χ0v) is 15.6. The van der Waals surface area contributed by atoms with E-state index in [-0.39, 0.29) is 11.5 Å². The molecule has 0 spiro atoms. The summed E-state index contributed by atoms with van der Waals surface area (Å²) >= 11 is 0. The number of ether oxygens (including phenoxy) is 1. The molecule has 1 aromatic heterocycles. The quantitative estimate of drug-likeness (QED) is 0.667. The molecule has 3 rings (SSSR count). The van der Waals surface area contributed by atoms with Gasteiger partial charge in [0.25, 0.3) is 0 Å². The van der Waals surface area contributed by atoms with Gasteiger partial charge in [0.05, 0.1) is 7.11 Å². The summed E-state index contributed by atoms with van der Waals surface area (Å²) in [4.78, 5) is 13.9. The van der Waals surface area contributed by atoms with Crippen LogP contribution >= 0.6 is 0 Å². The minimum absolute atomic E-state index is 0.118. The van der Waals surface area contributed by atoms with Crippen molar-refractivity contribution in [2.24, 2.45) is 0 Å². The van der Waals surface area contributed by atoms with Crippen molar-refractivity contribution >= 4 is 11.0 Å². The van der Waals surface area contributed by atoms with Gasteiger partial charge in [-0.25, -0.2) is 9.18 Å². The van der Waals surface area contributed by atoms with E-state index in [1.165, 1.54) is 25.3 Å². The van der Waals surface area contributed by atoms with E-state index in [9.17, 15) is 14.3 Å². The van der Waals surface area contributed by atoms with E-state index in [4.69, 9.17) is 9.15 Å². The fourth-order valence-electron chi connectivity index (χ4n) is 3.19. The maximum atomic E-state index is 13.9. The molecule has 142 valence electrons. The number of methoxy groups -OCH3 is 1. The number of hydrogen-bond donors (Lipinski definition) is 1. The summed E-state index contributed by atoms with van der Waals surface area (Å²) in [5.41, 5.74) is 2.28. The highest BCUT2D eigenvalue weighted by Gasteiger charge is 2.12. The number of fused-ring (bicyclic) bond motifs is 1. The molecule has 0 atom stereocenters. The Labute approximate surface area is 156 Å². The lowest BCUT2D eigenvalue weighted by molar-refractivity contribution is 0.318. The Balaban J connectivity index is 1.89. The summed E-state index contributed by atoms with van der Waals surface area (Å²) in [6.07, 6.45) is 0.668. The highest BCUT2D eigenvalue weighted by molar-refractivity contribution is 5.82. The number of phenols is 1. The van der Waals surface area contributed by atoms with Crippen LogP contribution in [0.1, 0.15) is 23.6 Å². The Kier molecular flexibility index (Phi) is 5.46. The molecule has 0 radical (unpaired) electrons. The number of nitrogens with zero attached hydrogens (tertiary/aromatic N) is 1. The van der Waals surface area contributed by atoms with Crippen LogP contribution < -0.4 is 10.4 Å². The Morgan fingerprint density at radius 3 is 2.59 bits per heavy atom. The predicted octanol–water partition coefficient (Wildman–Crippen LogP) is 3.84. The van der Waals surface area contributed by atoms with Crippen molar-refractivity contribution in [3.05, 3.63) is 69.3 Å². The summed E-state index contributed by atoms with van der Waals surface area (Å²) < 4.78 is 24.1. The SMILES string of the molecule is CCc1cc2c(CN(C)Cc3ccc(OC)c(F)c3)cc(=O)oc2cc1O. The Bertz CT molecular complexity index is 1030. The van der Waals surface area contributed by atoms with Crippen molar-refractivity contribution in [3.8, 4) is 11.5 Å². The molecule has 0 aliphatic carbocycles. The predicted molar refractivity (Wildman–Crippen MR) is 102 cm³/mol. The number of benzene rings is 2. The van der Waals surface area contributed by atoms with E-state index < -0.39 is 11.4 Å². The second-order valence-corrected chi connectivity index (χ2v) is 6.56. The van der Waals surface area contributed by atoms with E-state index in [2.05, 4.69) is 0 Å². The number of rotatable bonds is 6. The molecule has 0 bridgehead atoms. The van der Waals surface area contributed by atoms with Crippen molar-refractivity contribution in [2.45, 2.75) is 26.4 Å². The van der Waals surface area contributed by atoms with Crippen LogP contribution in [-0.4, -0.2) is 24.2 Å². The first-order valence-electron chi connectivity index (χ1n) is 8.70. The lowest BCUT2D eigenvalue weighted by Gasteiger charge is -2.18. The van der Waals surface area contributed by atoms with Crippen LogP contribution in [0.2, 0.25) is 0 Å². The first-order valence-corrected chi connectivity index (χ1v) is 8.70. The van der Waals surface area contributed by atoms with Gasteiger partial charge in [-0.05, 0) is 48.4 Å². The molecular formula is C21H22FNO4. The molecule has 2 aromatic carbocycles. The average Bonchev–Trinajstić information content (AvgIpc) is 2.61. The Morgan fingerprint density at radius 1 is 1.15 bits per heavy atom. The zero-order valence-electron chi connectivity index (χ0n) is 15.6. The van der Waals surface area contributed by atoms with Crippen LogP contribution in [0.5, 0.6) is 11.5 Å². The third-order valence-corrected chi connectivity index (χ3v) is 4.52. The van der Waals surface area contributed by atoms with Gasteiger partial charge in [-0.2, -0.15) is 0 Å². The van der Waals surface area contributed by atoms with Gasteiger partial charge >= 0.3 is 5.63 Å². The minimum atomic E-state index is -0.468. The first kappa shape index (κ1) is 18.9. The van der Waals surface area contributed by atoms with Gasteiger partial charge < -0.3 is 14.3 Å². The highest BCUT2D eigenvalue weighted by atomic mass is 19.1. The summed E-state index contributed by atoms with van der Waals surface area (Å²) in [5.74, 6) is -0.0791. The van der Waals surface area contributed by atoms with E-state index in [1.54, 1.807) is 6.07 Å². The summed E-state index contributed by atoms with van der Waals surface area (Å²) in [7, 11) is 3.32. The van der Waals surface area contributed by atoms with E-state index in [0.29, 0.717) is 25.1 Å². The maximum Gasteiger partial charge on any atom is 0.336 e. The number of phenolic OH excluding ortho intramolecular Hbond substituents is 1. The van der Waals surface area contributed by atoms with Crippen molar-refractivity contribution in [2.75, 3.05) is 14.2 Å². The first-order chi connectivity index (χ1) is 12.9. The molecule has 0 saturated heterocycles. The smallest absolute Gasteiger partial charge is 0.336 e. The second kappa shape index (κ2) is 7.80. The van der Waals surface area contributed by atoms with Crippen molar-refractivity contribution < 1.29 is 18.7 Å². The Hall–Kier alpha value is -2.86. The number of hydrogen-bond acceptors (Lipinski definition) is 5. The summed E-state index contributed by atoms with van der Waals surface area (Å²) in [6, 6.07) is 9.65. The van der Waals surface area contributed by atoms with Gasteiger partial charge in [-0.15, -0.1) is 0 Å². The van der Waals surface area contributed by atoms with Crippen molar-refractivity contribution in [1.82, 2.24) is 4.90 Å².